The van der Waals surface area contributed by atoms with Gasteiger partial charge in [-0.05, 0) is 60.9 Å². The molecule has 1 heterocycles. The molecule has 0 aromatic carbocycles. The van der Waals surface area contributed by atoms with Crippen LogP contribution in [0.5, 0.6) is 0 Å². The van der Waals surface area contributed by atoms with Crippen molar-refractivity contribution in [3.8, 4) is 0 Å². The van der Waals surface area contributed by atoms with Gasteiger partial charge in [0.05, 0.1) is 12.6 Å². The van der Waals surface area contributed by atoms with E-state index in [2.05, 4.69) is 5.32 Å². The Labute approximate surface area is 130 Å². The number of hydrogen-bond donors (Lipinski definition) is 2. The molecule has 0 spiro atoms. The number of carbonyl (C=O) groups excluding carboxylic acids is 1. The van der Waals surface area contributed by atoms with Gasteiger partial charge in [0.15, 0.2) is 0 Å². The van der Waals surface area contributed by atoms with E-state index in [9.17, 15) is 9.90 Å². The van der Waals surface area contributed by atoms with Gasteiger partial charge in [0.2, 0.25) is 5.91 Å². The van der Waals surface area contributed by atoms with Crippen LogP contribution in [0.2, 0.25) is 0 Å². The fraction of sp³-hybridized carbons (Fsp3) is 0.688. The van der Waals surface area contributed by atoms with Crippen molar-refractivity contribution in [2.45, 2.75) is 50.7 Å². The van der Waals surface area contributed by atoms with Gasteiger partial charge in [0, 0.05) is 13.5 Å². The van der Waals surface area contributed by atoms with Crippen LogP contribution in [0.3, 0.4) is 0 Å². The van der Waals surface area contributed by atoms with E-state index in [1.54, 1.807) is 25.4 Å². The zero-order valence-electron chi connectivity index (χ0n) is 12.8. The average Bonchev–Trinajstić information content (AvgIpc) is 3.01. The second-order valence-corrected chi connectivity index (χ2v) is 6.93. The Morgan fingerprint density at radius 2 is 2.19 bits per heavy atom. The van der Waals surface area contributed by atoms with Gasteiger partial charge < -0.3 is 15.2 Å². The number of aliphatic hydroxyl groups is 1. The third-order valence-electron chi connectivity index (χ3n) is 4.37. The van der Waals surface area contributed by atoms with E-state index in [1.165, 1.54) is 0 Å². The van der Waals surface area contributed by atoms with Gasteiger partial charge in [0.25, 0.3) is 0 Å². The van der Waals surface area contributed by atoms with Crippen LogP contribution in [0.4, 0.5) is 0 Å². The van der Waals surface area contributed by atoms with Crippen molar-refractivity contribution >= 4 is 17.2 Å². The summed E-state index contributed by atoms with van der Waals surface area (Å²) in [6, 6.07) is 1.89. The van der Waals surface area contributed by atoms with Crippen molar-refractivity contribution in [3.63, 3.8) is 0 Å². The Morgan fingerprint density at radius 3 is 2.76 bits per heavy atom. The molecule has 5 heteroatoms. The summed E-state index contributed by atoms with van der Waals surface area (Å²) in [6.45, 7) is 2.00. The molecule has 2 rings (SSSR count). The van der Waals surface area contributed by atoms with Gasteiger partial charge in [-0.25, -0.2) is 0 Å². The second kappa shape index (κ2) is 7.38. The van der Waals surface area contributed by atoms with Crippen LogP contribution in [0.25, 0.3) is 0 Å². The van der Waals surface area contributed by atoms with Crippen LogP contribution in [0.1, 0.15) is 44.6 Å². The SMILES string of the molecule is COC1CCC(CC(=O)NCC(C)(O)c2ccsc2)CC1. The molecule has 1 aliphatic carbocycles. The van der Waals surface area contributed by atoms with Gasteiger partial charge in [0.1, 0.15) is 5.60 Å². The Bertz CT molecular complexity index is 436. The maximum absolute atomic E-state index is 12.0. The normalized spacial score (nSPS) is 25.3. The van der Waals surface area contributed by atoms with E-state index in [4.69, 9.17) is 4.74 Å². The van der Waals surface area contributed by atoms with E-state index >= 15 is 0 Å². The number of thiophene rings is 1. The van der Waals surface area contributed by atoms with Crippen molar-refractivity contribution in [1.82, 2.24) is 5.32 Å². The van der Waals surface area contributed by atoms with E-state index < -0.39 is 5.60 Å². The predicted octanol–water partition coefficient (Wildman–Crippen LogP) is 2.67. The summed E-state index contributed by atoms with van der Waals surface area (Å²) in [6.07, 6.45) is 5.10. The van der Waals surface area contributed by atoms with Crippen LogP contribution in [-0.2, 0) is 15.1 Å². The molecule has 1 fully saturated rings. The number of methoxy groups -OCH3 is 1. The lowest BCUT2D eigenvalue weighted by Crippen LogP contribution is -2.39. The van der Waals surface area contributed by atoms with E-state index in [-0.39, 0.29) is 12.5 Å². The third kappa shape index (κ3) is 4.80. The Kier molecular flexibility index (Phi) is 5.79. The van der Waals surface area contributed by atoms with Gasteiger partial charge in [-0.2, -0.15) is 11.3 Å². The lowest BCUT2D eigenvalue weighted by molar-refractivity contribution is -0.123. The number of nitrogens with one attached hydrogen (secondary N) is 1. The summed E-state index contributed by atoms with van der Waals surface area (Å²) in [7, 11) is 1.75. The molecular weight excluding hydrogens is 286 g/mol. The summed E-state index contributed by atoms with van der Waals surface area (Å²) in [5.41, 5.74) is -0.142. The summed E-state index contributed by atoms with van der Waals surface area (Å²) >= 11 is 1.55. The molecule has 4 nitrogen and oxygen atoms in total. The van der Waals surface area contributed by atoms with Crippen molar-refractivity contribution in [2.75, 3.05) is 13.7 Å². The molecule has 1 atom stereocenters. The monoisotopic (exact) mass is 311 g/mol. The zero-order chi connectivity index (χ0) is 15.3. The first-order valence-corrected chi connectivity index (χ1v) is 8.50. The topological polar surface area (TPSA) is 58.6 Å². The number of hydrogen-bond acceptors (Lipinski definition) is 4. The molecule has 1 aliphatic rings. The molecule has 118 valence electrons. The van der Waals surface area contributed by atoms with Gasteiger partial charge >= 0.3 is 0 Å². The van der Waals surface area contributed by atoms with Gasteiger partial charge in [-0.15, -0.1) is 0 Å². The van der Waals surface area contributed by atoms with Crippen LogP contribution in [0.15, 0.2) is 16.8 Å². The van der Waals surface area contributed by atoms with E-state index in [0.717, 1.165) is 31.2 Å². The summed E-state index contributed by atoms with van der Waals surface area (Å²) in [5, 5.41) is 17.1. The highest BCUT2D eigenvalue weighted by atomic mass is 32.1. The number of carbonyl (C=O) groups is 1. The van der Waals surface area contributed by atoms with E-state index in [0.29, 0.717) is 18.4 Å². The molecule has 0 saturated heterocycles. The first-order chi connectivity index (χ1) is 10.0. The summed E-state index contributed by atoms with van der Waals surface area (Å²) < 4.78 is 5.35. The number of amides is 1. The maximum atomic E-state index is 12.0. The highest BCUT2D eigenvalue weighted by Crippen LogP contribution is 2.28. The first-order valence-electron chi connectivity index (χ1n) is 7.56. The fourth-order valence-electron chi connectivity index (χ4n) is 2.85. The molecule has 1 amide bonds. The number of rotatable bonds is 6. The Hall–Kier alpha value is -0.910. The van der Waals surface area contributed by atoms with Crippen LogP contribution >= 0.6 is 11.3 Å². The molecule has 1 aromatic rings. The smallest absolute Gasteiger partial charge is 0.220 e. The summed E-state index contributed by atoms with van der Waals surface area (Å²) in [4.78, 5) is 12.0. The van der Waals surface area contributed by atoms with Crippen LogP contribution in [-0.4, -0.2) is 30.8 Å². The standard InChI is InChI=1S/C16H25NO3S/c1-16(19,13-7-8-21-10-13)11-17-15(18)9-12-3-5-14(20-2)6-4-12/h7-8,10,12,14,19H,3-6,9,11H2,1-2H3,(H,17,18). The molecule has 0 radical (unpaired) electrons. The van der Waals surface area contributed by atoms with Crippen molar-refractivity contribution < 1.29 is 14.6 Å². The second-order valence-electron chi connectivity index (χ2n) is 6.15. The first kappa shape index (κ1) is 16.5. The molecule has 0 bridgehead atoms. The highest BCUT2D eigenvalue weighted by molar-refractivity contribution is 7.08. The lowest BCUT2D eigenvalue weighted by atomic mass is 9.85. The van der Waals surface area contributed by atoms with Crippen molar-refractivity contribution in [3.05, 3.63) is 22.4 Å². The number of ether oxygens (including phenoxy) is 1. The lowest BCUT2D eigenvalue weighted by Gasteiger charge is -2.28. The van der Waals surface area contributed by atoms with Crippen molar-refractivity contribution in [2.24, 2.45) is 5.92 Å². The minimum absolute atomic E-state index is 0.0337. The van der Waals surface area contributed by atoms with Gasteiger partial charge in [-0.3, -0.25) is 4.79 Å². The molecular formula is C16H25NO3S. The summed E-state index contributed by atoms with van der Waals surface area (Å²) in [5.74, 6) is 0.480. The Morgan fingerprint density at radius 1 is 1.48 bits per heavy atom. The molecule has 2 N–H and O–H groups in total. The van der Waals surface area contributed by atoms with E-state index in [1.807, 2.05) is 16.8 Å². The average molecular weight is 311 g/mol. The molecule has 1 unspecified atom stereocenters. The Balaban J connectivity index is 1.73. The van der Waals surface area contributed by atoms with Gasteiger partial charge in [-0.1, -0.05) is 0 Å². The molecule has 1 saturated carbocycles. The largest absolute Gasteiger partial charge is 0.384 e. The molecule has 21 heavy (non-hydrogen) atoms. The minimum Gasteiger partial charge on any atom is -0.384 e. The predicted molar refractivity (Wildman–Crippen MR) is 84.3 cm³/mol. The third-order valence-corrected chi connectivity index (χ3v) is 5.06. The van der Waals surface area contributed by atoms with Crippen molar-refractivity contribution in [1.29, 1.82) is 0 Å². The maximum Gasteiger partial charge on any atom is 0.220 e. The minimum atomic E-state index is -0.997. The quantitative estimate of drug-likeness (QED) is 0.849. The molecule has 1 aromatic heterocycles. The molecule has 0 aliphatic heterocycles. The zero-order valence-corrected chi connectivity index (χ0v) is 13.6. The van der Waals surface area contributed by atoms with Crippen LogP contribution < -0.4 is 5.32 Å². The van der Waals surface area contributed by atoms with Crippen LogP contribution in [0, 0.1) is 5.92 Å². The highest BCUT2D eigenvalue weighted by Gasteiger charge is 2.26. The fourth-order valence-corrected chi connectivity index (χ4v) is 3.63.